The van der Waals surface area contributed by atoms with Gasteiger partial charge in [-0.2, -0.15) is 5.10 Å². The van der Waals surface area contributed by atoms with Crippen LogP contribution in [0.25, 0.3) is 10.9 Å². The van der Waals surface area contributed by atoms with Crippen LogP contribution in [0.15, 0.2) is 52.4 Å². The van der Waals surface area contributed by atoms with Crippen molar-refractivity contribution in [1.29, 1.82) is 0 Å². The van der Waals surface area contributed by atoms with Gasteiger partial charge >= 0.3 is 0 Å². The minimum absolute atomic E-state index is 0.153. The highest BCUT2D eigenvalue weighted by Gasteiger charge is 2.10. The lowest BCUT2D eigenvalue weighted by molar-refractivity contribution is 0.141. The molecule has 0 fully saturated rings. The predicted molar refractivity (Wildman–Crippen MR) is 111 cm³/mol. The fourth-order valence-corrected chi connectivity index (χ4v) is 2.86. The summed E-state index contributed by atoms with van der Waals surface area (Å²) in [4.78, 5) is 17.4. The van der Waals surface area contributed by atoms with Crippen molar-refractivity contribution < 1.29 is 13.9 Å². The van der Waals surface area contributed by atoms with E-state index in [1.165, 1.54) is 30.0 Å². The molecule has 0 aliphatic heterocycles. The Morgan fingerprint density at radius 1 is 1.28 bits per heavy atom. The molecule has 0 unspecified atom stereocenters. The highest BCUT2D eigenvalue weighted by Crippen LogP contribution is 2.17. The molecule has 0 saturated carbocycles. The van der Waals surface area contributed by atoms with Crippen LogP contribution in [0.4, 0.5) is 10.3 Å². The molecular weight excluding hydrogens is 375 g/mol. The summed E-state index contributed by atoms with van der Waals surface area (Å²) in [5, 5.41) is 4.66. The van der Waals surface area contributed by atoms with Gasteiger partial charge in [-0.3, -0.25) is 9.36 Å². The summed E-state index contributed by atoms with van der Waals surface area (Å²) in [5.41, 5.74) is 3.78. The van der Waals surface area contributed by atoms with Gasteiger partial charge in [0.15, 0.2) is 11.6 Å². The van der Waals surface area contributed by atoms with Crippen molar-refractivity contribution in [3.63, 3.8) is 0 Å². The van der Waals surface area contributed by atoms with Crippen molar-refractivity contribution in [2.24, 2.45) is 5.10 Å². The Hall–Kier alpha value is -3.26. The van der Waals surface area contributed by atoms with Crippen LogP contribution in [0.2, 0.25) is 0 Å². The average Bonchev–Trinajstić information content (AvgIpc) is 2.73. The van der Waals surface area contributed by atoms with Crippen molar-refractivity contribution in [3.05, 3.63) is 64.2 Å². The molecule has 0 spiro atoms. The van der Waals surface area contributed by atoms with E-state index in [4.69, 9.17) is 9.47 Å². The van der Waals surface area contributed by atoms with E-state index in [2.05, 4.69) is 15.5 Å². The first-order chi connectivity index (χ1) is 14.1. The molecule has 0 bridgehead atoms. The van der Waals surface area contributed by atoms with Crippen LogP contribution in [0, 0.1) is 5.82 Å². The second kappa shape index (κ2) is 9.79. The van der Waals surface area contributed by atoms with Gasteiger partial charge in [-0.25, -0.2) is 14.8 Å². The van der Waals surface area contributed by atoms with E-state index in [1.54, 1.807) is 24.3 Å². The molecule has 0 amide bonds. The lowest BCUT2D eigenvalue weighted by Gasteiger charge is -2.12. The summed E-state index contributed by atoms with van der Waals surface area (Å²) in [6.07, 6.45) is 2.12. The zero-order chi connectivity index (χ0) is 20.6. The van der Waals surface area contributed by atoms with Gasteiger partial charge in [-0.15, -0.1) is 0 Å². The predicted octanol–water partition coefficient (Wildman–Crippen LogP) is 3.42. The van der Waals surface area contributed by atoms with Crippen LogP contribution >= 0.6 is 0 Å². The van der Waals surface area contributed by atoms with Crippen molar-refractivity contribution in [3.8, 4) is 5.75 Å². The number of hydrogen-bond donors (Lipinski definition) is 1. The van der Waals surface area contributed by atoms with E-state index in [9.17, 15) is 9.18 Å². The largest absolute Gasteiger partial charge is 0.494 e. The van der Waals surface area contributed by atoms with E-state index < -0.39 is 5.82 Å². The van der Waals surface area contributed by atoms with Gasteiger partial charge < -0.3 is 9.47 Å². The van der Waals surface area contributed by atoms with Gasteiger partial charge in [0.2, 0.25) is 5.95 Å². The lowest BCUT2D eigenvalue weighted by atomic mass is 10.2. The van der Waals surface area contributed by atoms with E-state index >= 15 is 0 Å². The van der Waals surface area contributed by atoms with Gasteiger partial charge in [-0.1, -0.05) is 12.1 Å². The molecule has 2 aromatic carbocycles. The summed E-state index contributed by atoms with van der Waals surface area (Å²) < 4.78 is 25.6. The van der Waals surface area contributed by atoms with Crippen LogP contribution in [0.1, 0.15) is 18.9 Å². The molecule has 29 heavy (non-hydrogen) atoms. The number of anilines is 1. The van der Waals surface area contributed by atoms with E-state index in [1.807, 2.05) is 13.0 Å². The topological polar surface area (TPSA) is 77.7 Å². The summed E-state index contributed by atoms with van der Waals surface area (Å²) in [6.45, 7) is 3.53. The molecule has 1 N–H and O–H groups in total. The molecule has 3 aromatic rings. The normalized spacial score (nSPS) is 11.3. The minimum atomic E-state index is -0.479. The molecule has 0 aliphatic rings. The van der Waals surface area contributed by atoms with Gasteiger partial charge in [0.1, 0.15) is 0 Å². The minimum Gasteiger partial charge on any atom is -0.494 e. The summed E-state index contributed by atoms with van der Waals surface area (Å²) in [6, 6.07) is 11.7. The quantitative estimate of drug-likeness (QED) is 0.340. The molecule has 152 valence electrons. The van der Waals surface area contributed by atoms with Gasteiger partial charge in [0, 0.05) is 19.8 Å². The highest BCUT2D eigenvalue weighted by molar-refractivity contribution is 5.81. The van der Waals surface area contributed by atoms with Crippen LogP contribution in [-0.2, 0) is 11.3 Å². The third-order valence-electron chi connectivity index (χ3n) is 4.29. The second-order valence-corrected chi connectivity index (χ2v) is 6.22. The van der Waals surface area contributed by atoms with Gasteiger partial charge in [0.25, 0.3) is 5.56 Å². The van der Waals surface area contributed by atoms with Crippen LogP contribution in [0.3, 0.4) is 0 Å². The maximum atomic E-state index is 13.8. The molecule has 0 radical (unpaired) electrons. The first-order valence-corrected chi connectivity index (χ1v) is 9.34. The van der Waals surface area contributed by atoms with Crippen molar-refractivity contribution in [2.75, 3.05) is 25.7 Å². The zero-order valence-electron chi connectivity index (χ0n) is 16.4. The maximum Gasteiger partial charge on any atom is 0.262 e. The summed E-state index contributed by atoms with van der Waals surface area (Å²) in [5.74, 6) is -0.00186. The van der Waals surface area contributed by atoms with E-state index in [-0.39, 0.29) is 11.3 Å². The number of hydrazone groups is 1. The number of nitrogens with zero attached hydrogens (tertiary/aromatic N) is 3. The second-order valence-electron chi connectivity index (χ2n) is 6.22. The van der Waals surface area contributed by atoms with Crippen molar-refractivity contribution >= 4 is 23.1 Å². The monoisotopic (exact) mass is 398 g/mol. The number of hydrogen-bond acceptors (Lipinski definition) is 6. The molecular formula is C21H23FN4O3. The standard InChI is InChI=1S/C21H23FN4O3/c1-3-29-12-6-11-26-20(27)16-7-4-5-8-18(16)24-21(26)25-23-14-15-9-10-19(28-2)17(22)13-15/h4-5,7-10,13-14H,3,6,11-12H2,1-2H3,(H,24,25)/b23-14-. The fourth-order valence-electron chi connectivity index (χ4n) is 2.86. The Balaban J connectivity index is 1.86. The molecule has 3 rings (SSSR count). The molecule has 1 aromatic heterocycles. The Morgan fingerprint density at radius 3 is 2.86 bits per heavy atom. The number of benzene rings is 2. The number of methoxy groups -OCH3 is 1. The number of halogens is 1. The molecule has 0 saturated heterocycles. The molecule has 0 atom stereocenters. The van der Waals surface area contributed by atoms with Crippen LogP contribution in [0.5, 0.6) is 5.75 Å². The van der Waals surface area contributed by atoms with Crippen LogP contribution < -0.4 is 15.7 Å². The van der Waals surface area contributed by atoms with E-state index in [0.29, 0.717) is 48.6 Å². The summed E-state index contributed by atoms with van der Waals surface area (Å²) in [7, 11) is 1.41. The third-order valence-corrected chi connectivity index (χ3v) is 4.29. The number of fused-ring (bicyclic) bond motifs is 1. The first-order valence-electron chi connectivity index (χ1n) is 9.34. The number of rotatable bonds is 9. The van der Waals surface area contributed by atoms with E-state index in [0.717, 1.165) is 0 Å². The van der Waals surface area contributed by atoms with Crippen molar-refractivity contribution in [2.45, 2.75) is 19.9 Å². The van der Waals surface area contributed by atoms with Gasteiger partial charge in [-0.05, 0) is 49.2 Å². The smallest absolute Gasteiger partial charge is 0.262 e. The van der Waals surface area contributed by atoms with Crippen molar-refractivity contribution in [1.82, 2.24) is 9.55 Å². The Bertz CT molecular complexity index is 1070. The molecule has 8 heteroatoms. The molecule has 7 nitrogen and oxygen atoms in total. The zero-order valence-corrected chi connectivity index (χ0v) is 16.4. The maximum absolute atomic E-state index is 13.8. The Labute approximate surface area is 167 Å². The number of ether oxygens (including phenoxy) is 2. The summed E-state index contributed by atoms with van der Waals surface area (Å²) >= 11 is 0. The molecule has 1 heterocycles. The third kappa shape index (κ3) is 4.97. The first kappa shape index (κ1) is 20.5. The van der Waals surface area contributed by atoms with Crippen LogP contribution in [-0.4, -0.2) is 36.1 Å². The Morgan fingerprint density at radius 2 is 2.10 bits per heavy atom. The highest BCUT2D eigenvalue weighted by atomic mass is 19.1. The average molecular weight is 398 g/mol. The fraction of sp³-hybridized carbons (Fsp3) is 0.286. The number of nitrogens with one attached hydrogen (secondary N) is 1. The molecule has 0 aliphatic carbocycles. The Kier molecular flexibility index (Phi) is 6.91. The number of aromatic nitrogens is 2. The lowest BCUT2D eigenvalue weighted by Crippen LogP contribution is -2.25. The number of para-hydroxylation sites is 1. The van der Waals surface area contributed by atoms with Gasteiger partial charge in [0.05, 0.1) is 24.2 Å². The SMILES string of the molecule is CCOCCCn1c(N/N=C\c2ccc(OC)c(F)c2)nc2ccccc2c1=O.